The number of phenols is 1. The fourth-order valence-electron chi connectivity index (χ4n) is 1.68. The lowest BCUT2D eigenvalue weighted by atomic mass is 9.98. The van der Waals surface area contributed by atoms with E-state index in [0.717, 1.165) is 11.3 Å². The molecule has 0 bridgehead atoms. The number of nitrogens with one attached hydrogen (secondary N) is 1. The van der Waals surface area contributed by atoms with Gasteiger partial charge in [-0.15, -0.1) is 0 Å². The van der Waals surface area contributed by atoms with Crippen molar-refractivity contribution in [3.05, 3.63) is 23.8 Å². The molecule has 0 spiro atoms. The lowest BCUT2D eigenvalue weighted by molar-refractivity contribution is -0.118. The van der Waals surface area contributed by atoms with Gasteiger partial charge in [-0.2, -0.15) is 0 Å². The third kappa shape index (κ3) is 1.26. The van der Waals surface area contributed by atoms with E-state index in [2.05, 4.69) is 5.32 Å². The summed E-state index contributed by atoms with van der Waals surface area (Å²) in [6.45, 7) is 2.22. The van der Waals surface area contributed by atoms with Crippen LogP contribution in [0.4, 0.5) is 5.69 Å². The van der Waals surface area contributed by atoms with Gasteiger partial charge in [0, 0.05) is 12.2 Å². The summed E-state index contributed by atoms with van der Waals surface area (Å²) in [5.41, 5.74) is 1.87. The molecular weight excluding hydrogens is 166 g/mol. The minimum absolute atomic E-state index is 0.0953. The lowest BCUT2D eigenvalue weighted by Gasteiger charge is -2.04. The van der Waals surface area contributed by atoms with Crippen LogP contribution in [0.1, 0.15) is 18.4 Å². The van der Waals surface area contributed by atoms with Crippen LogP contribution in [0.2, 0.25) is 0 Å². The van der Waals surface area contributed by atoms with Gasteiger partial charge in [-0.1, -0.05) is 0 Å². The number of anilines is 1. The Hall–Kier alpha value is -1.51. The van der Waals surface area contributed by atoms with Crippen LogP contribution < -0.4 is 5.32 Å². The summed E-state index contributed by atoms with van der Waals surface area (Å²) in [4.78, 5) is 11.2. The van der Waals surface area contributed by atoms with Gasteiger partial charge in [0.05, 0.1) is 5.92 Å². The molecule has 1 aromatic rings. The van der Waals surface area contributed by atoms with Crippen molar-refractivity contribution in [1.82, 2.24) is 0 Å². The third-order valence-corrected chi connectivity index (χ3v) is 2.40. The van der Waals surface area contributed by atoms with E-state index in [1.807, 2.05) is 0 Å². The standard InChI is InChI=1S/C10H11NO2/c1-6(12)9-5-11-10-3-2-7(13)4-8(9)10/h2-4,9,11,13H,5H2,1H3. The number of aromatic hydroxyl groups is 1. The van der Waals surface area contributed by atoms with Crippen LogP contribution in [0.15, 0.2) is 18.2 Å². The number of carbonyl (C=O) groups is 1. The number of ketones is 1. The number of hydrogen-bond acceptors (Lipinski definition) is 3. The van der Waals surface area contributed by atoms with Gasteiger partial charge in [0.25, 0.3) is 0 Å². The molecule has 0 aliphatic carbocycles. The first-order valence-electron chi connectivity index (χ1n) is 4.25. The molecule has 1 aliphatic heterocycles. The summed E-state index contributed by atoms with van der Waals surface area (Å²) in [5, 5.41) is 12.4. The summed E-state index contributed by atoms with van der Waals surface area (Å²) >= 11 is 0. The lowest BCUT2D eigenvalue weighted by Crippen LogP contribution is -2.10. The minimum Gasteiger partial charge on any atom is -0.508 e. The maximum Gasteiger partial charge on any atom is 0.139 e. The van der Waals surface area contributed by atoms with Crippen LogP contribution in [0.5, 0.6) is 5.75 Å². The molecule has 0 radical (unpaired) electrons. The highest BCUT2D eigenvalue weighted by molar-refractivity contribution is 5.88. The first-order chi connectivity index (χ1) is 6.18. The van der Waals surface area contributed by atoms with Gasteiger partial charge < -0.3 is 10.4 Å². The van der Waals surface area contributed by atoms with Crippen molar-refractivity contribution in [2.75, 3.05) is 11.9 Å². The molecule has 0 saturated carbocycles. The molecule has 2 rings (SSSR count). The molecule has 3 nitrogen and oxygen atoms in total. The van der Waals surface area contributed by atoms with E-state index in [1.165, 1.54) is 0 Å². The molecule has 1 heterocycles. The summed E-state index contributed by atoms with van der Waals surface area (Å²) in [6.07, 6.45) is 0. The molecule has 1 aliphatic rings. The number of benzene rings is 1. The maximum atomic E-state index is 11.2. The molecule has 1 atom stereocenters. The van der Waals surface area contributed by atoms with Gasteiger partial charge in [-0.05, 0) is 30.7 Å². The van der Waals surface area contributed by atoms with Gasteiger partial charge in [-0.3, -0.25) is 4.79 Å². The highest BCUT2D eigenvalue weighted by Crippen LogP contribution is 2.34. The van der Waals surface area contributed by atoms with Crippen molar-refractivity contribution in [2.45, 2.75) is 12.8 Å². The Bertz CT molecular complexity index is 360. The van der Waals surface area contributed by atoms with Crippen LogP contribution in [0.25, 0.3) is 0 Å². The van der Waals surface area contributed by atoms with Gasteiger partial charge in [0.15, 0.2) is 0 Å². The van der Waals surface area contributed by atoms with Crippen molar-refractivity contribution in [2.24, 2.45) is 0 Å². The van der Waals surface area contributed by atoms with Crippen molar-refractivity contribution in [1.29, 1.82) is 0 Å². The average molecular weight is 177 g/mol. The highest BCUT2D eigenvalue weighted by Gasteiger charge is 2.25. The monoisotopic (exact) mass is 177 g/mol. The van der Waals surface area contributed by atoms with Gasteiger partial charge >= 0.3 is 0 Å². The molecule has 0 saturated heterocycles. The summed E-state index contributed by atoms with van der Waals surface area (Å²) in [6, 6.07) is 5.07. The van der Waals surface area contributed by atoms with Crippen molar-refractivity contribution in [3.63, 3.8) is 0 Å². The Labute approximate surface area is 76.4 Å². The van der Waals surface area contributed by atoms with Crippen molar-refractivity contribution in [3.8, 4) is 5.75 Å². The van der Waals surface area contributed by atoms with Crippen LogP contribution in [0.3, 0.4) is 0 Å². The normalized spacial score (nSPS) is 19.3. The van der Waals surface area contributed by atoms with Crippen LogP contribution in [-0.4, -0.2) is 17.4 Å². The largest absolute Gasteiger partial charge is 0.508 e. The Morgan fingerprint density at radius 2 is 2.38 bits per heavy atom. The van der Waals surface area contributed by atoms with Crippen molar-refractivity contribution >= 4 is 11.5 Å². The smallest absolute Gasteiger partial charge is 0.139 e. The second-order valence-electron chi connectivity index (χ2n) is 3.32. The first-order valence-corrected chi connectivity index (χ1v) is 4.25. The second-order valence-corrected chi connectivity index (χ2v) is 3.32. The summed E-state index contributed by atoms with van der Waals surface area (Å²) in [5.74, 6) is 0.257. The number of Topliss-reactive ketones (excluding diaryl/α,β-unsaturated/α-hetero) is 1. The fourth-order valence-corrected chi connectivity index (χ4v) is 1.68. The zero-order valence-electron chi connectivity index (χ0n) is 7.37. The van der Waals surface area contributed by atoms with Gasteiger partial charge in [-0.25, -0.2) is 0 Å². The van der Waals surface area contributed by atoms with E-state index in [9.17, 15) is 9.90 Å². The van der Waals surface area contributed by atoms with Crippen LogP contribution in [-0.2, 0) is 4.79 Å². The molecule has 13 heavy (non-hydrogen) atoms. The van der Waals surface area contributed by atoms with E-state index in [-0.39, 0.29) is 17.5 Å². The molecule has 68 valence electrons. The molecular formula is C10H11NO2. The van der Waals surface area contributed by atoms with E-state index < -0.39 is 0 Å². The molecule has 0 aromatic heterocycles. The zero-order chi connectivity index (χ0) is 9.42. The molecule has 0 amide bonds. The molecule has 3 heteroatoms. The van der Waals surface area contributed by atoms with Crippen LogP contribution in [0, 0.1) is 0 Å². The topological polar surface area (TPSA) is 49.3 Å². The summed E-state index contributed by atoms with van der Waals surface area (Å²) < 4.78 is 0. The van der Waals surface area contributed by atoms with Crippen LogP contribution >= 0.6 is 0 Å². The number of rotatable bonds is 1. The van der Waals surface area contributed by atoms with E-state index in [1.54, 1.807) is 25.1 Å². The van der Waals surface area contributed by atoms with Gasteiger partial charge in [0.1, 0.15) is 11.5 Å². The molecule has 0 fully saturated rings. The SMILES string of the molecule is CC(=O)C1CNc2ccc(O)cc21. The molecule has 1 unspecified atom stereocenters. The molecule has 2 N–H and O–H groups in total. The average Bonchev–Trinajstić information content (AvgIpc) is 2.46. The highest BCUT2D eigenvalue weighted by atomic mass is 16.3. The zero-order valence-corrected chi connectivity index (χ0v) is 7.37. The predicted molar refractivity (Wildman–Crippen MR) is 50.0 cm³/mol. The molecule has 1 aromatic carbocycles. The Morgan fingerprint density at radius 1 is 1.62 bits per heavy atom. The Kier molecular flexibility index (Phi) is 1.72. The Morgan fingerprint density at radius 3 is 3.08 bits per heavy atom. The van der Waals surface area contributed by atoms with Gasteiger partial charge in [0.2, 0.25) is 0 Å². The second kappa shape index (κ2) is 2.76. The van der Waals surface area contributed by atoms with E-state index >= 15 is 0 Å². The quantitative estimate of drug-likeness (QED) is 0.639. The number of carbonyl (C=O) groups excluding carboxylic acids is 1. The van der Waals surface area contributed by atoms with E-state index in [4.69, 9.17) is 0 Å². The summed E-state index contributed by atoms with van der Waals surface area (Å²) in [7, 11) is 0. The number of hydrogen-bond donors (Lipinski definition) is 2. The number of phenolic OH excluding ortho intramolecular Hbond substituents is 1. The maximum absolute atomic E-state index is 11.2. The first kappa shape index (κ1) is 8.10. The Balaban J connectivity index is 2.46. The van der Waals surface area contributed by atoms with E-state index in [0.29, 0.717) is 6.54 Å². The third-order valence-electron chi connectivity index (χ3n) is 2.40. The number of fused-ring (bicyclic) bond motifs is 1. The van der Waals surface area contributed by atoms with Crippen molar-refractivity contribution < 1.29 is 9.90 Å². The fraction of sp³-hybridized carbons (Fsp3) is 0.300. The predicted octanol–water partition coefficient (Wildman–Crippen LogP) is 1.49. The minimum atomic E-state index is -0.0953.